The fraction of sp³-hybridized carbons (Fsp3) is 0.118. The summed E-state index contributed by atoms with van der Waals surface area (Å²) < 4.78 is 6.49. The van der Waals surface area contributed by atoms with Crippen LogP contribution in [-0.2, 0) is 0 Å². The Bertz CT molecular complexity index is 832. The molecular formula is C17H13BrN2O2. The van der Waals surface area contributed by atoms with Gasteiger partial charge >= 0.3 is 0 Å². The standard InChI is InChI=1S/C17H13BrN2O2/c1-11-17(20-15-5-3-2-4-14(15)19-11)22-10-16(21)12-6-8-13(18)9-7-12/h2-9H,10H2,1H3. The van der Waals surface area contributed by atoms with E-state index in [1.165, 1.54) is 0 Å². The molecular weight excluding hydrogens is 344 g/mol. The van der Waals surface area contributed by atoms with Crippen molar-refractivity contribution in [3.8, 4) is 5.88 Å². The first-order valence-corrected chi connectivity index (χ1v) is 7.58. The fourth-order valence-corrected chi connectivity index (χ4v) is 2.33. The van der Waals surface area contributed by atoms with E-state index in [-0.39, 0.29) is 12.4 Å². The van der Waals surface area contributed by atoms with E-state index in [9.17, 15) is 4.79 Å². The first-order valence-electron chi connectivity index (χ1n) is 6.78. The number of halogens is 1. The smallest absolute Gasteiger partial charge is 0.236 e. The van der Waals surface area contributed by atoms with Crippen LogP contribution in [0.3, 0.4) is 0 Å². The van der Waals surface area contributed by atoms with Gasteiger partial charge in [0, 0.05) is 10.0 Å². The third-order valence-corrected chi connectivity index (χ3v) is 3.74. The van der Waals surface area contributed by atoms with E-state index < -0.39 is 0 Å². The number of hydrogen-bond acceptors (Lipinski definition) is 4. The molecule has 0 unspecified atom stereocenters. The Morgan fingerprint density at radius 3 is 2.36 bits per heavy atom. The lowest BCUT2D eigenvalue weighted by Gasteiger charge is -2.08. The van der Waals surface area contributed by atoms with Crippen LogP contribution >= 0.6 is 15.9 Å². The maximum Gasteiger partial charge on any atom is 0.236 e. The van der Waals surface area contributed by atoms with Crippen LogP contribution in [-0.4, -0.2) is 22.4 Å². The Morgan fingerprint density at radius 2 is 1.68 bits per heavy atom. The summed E-state index contributed by atoms with van der Waals surface area (Å²) >= 11 is 3.34. The second-order valence-corrected chi connectivity index (χ2v) is 5.74. The average molecular weight is 357 g/mol. The minimum atomic E-state index is -0.0955. The van der Waals surface area contributed by atoms with Crippen LogP contribution in [0.25, 0.3) is 11.0 Å². The van der Waals surface area contributed by atoms with E-state index in [4.69, 9.17) is 4.74 Å². The highest BCUT2D eigenvalue weighted by Crippen LogP contribution is 2.18. The van der Waals surface area contributed by atoms with E-state index in [0.717, 1.165) is 15.5 Å². The Labute approximate surface area is 136 Å². The lowest BCUT2D eigenvalue weighted by Crippen LogP contribution is -2.13. The quantitative estimate of drug-likeness (QED) is 0.663. The zero-order valence-electron chi connectivity index (χ0n) is 11.9. The zero-order valence-corrected chi connectivity index (χ0v) is 13.5. The summed E-state index contributed by atoms with van der Waals surface area (Å²) in [5.74, 6) is 0.297. The molecule has 0 radical (unpaired) electrons. The number of ketones is 1. The van der Waals surface area contributed by atoms with Crippen LogP contribution in [0.5, 0.6) is 5.88 Å². The van der Waals surface area contributed by atoms with Crippen molar-refractivity contribution in [2.24, 2.45) is 0 Å². The van der Waals surface area contributed by atoms with Crippen LogP contribution in [0.1, 0.15) is 16.1 Å². The number of fused-ring (bicyclic) bond motifs is 1. The van der Waals surface area contributed by atoms with Crippen molar-refractivity contribution in [3.63, 3.8) is 0 Å². The summed E-state index contributed by atoms with van der Waals surface area (Å²) in [7, 11) is 0. The minimum Gasteiger partial charge on any atom is -0.468 e. The van der Waals surface area contributed by atoms with Crippen LogP contribution < -0.4 is 4.74 Å². The normalized spacial score (nSPS) is 10.6. The zero-order chi connectivity index (χ0) is 15.5. The molecule has 0 bridgehead atoms. The second kappa shape index (κ2) is 6.23. The number of carbonyl (C=O) groups is 1. The van der Waals surface area contributed by atoms with Gasteiger partial charge in [0.25, 0.3) is 0 Å². The molecule has 0 fully saturated rings. The largest absolute Gasteiger partial charge is 0.468 e. The molecule has 22 heavy (non-hydrogen) atoms. The summed E-state index contributed by atoms with van der Waals surface area (Å²) in [5.41, 5.74) is 2.84. The SMILES string of the molecule is Cc1nc2ccccc2nc1OCC(=O)c1ccc(Br)cc1. The molecule has 0 aliphatic carbocycles. The third-order valence-electron chi connectivity index (χ3n) is 3.21. The Morgan fingerprint density at radius 1 is 1.05 bits per heavy atom. The van der Waals surface area contributed by atoms with Crippen LogP contribution in [0.2, 0.25) is 0 Å². The van der Waals surface area contributed by atoms with Crippen molar-refractivity contribution < 1.29 is 9.53 Å². The Balaban J connectivity index is 1.77. The van der Waals surface area contributed by atoms with Crippen molar-refractivity contribution >= 4 is 32.7 Å². The molecule has 3 rings (SSSR count). The van der Waals surface area contributed by atoms with Crippen LogP contribution in [0.15, 0.2) is 53.0 Å². The van der Waals surface area contributed by atoms with E-state index in [1.807, 2.05) is 43.3 Å². The maximum absolute atomic E-state index is 12.1. The number of aromatic nitrogens is 2. The van der Waals surface area contributed by atoms with Crippen LogP contribution in [0, 0.1) is 6.92 Å². The number of carbonyl (C=O) groups excluding carboxylic acids is 1. The topological polar surface area (TPSA) is 52.1 Å². The molecule has 3 aromatic rings. The Hall–Kier alpha value is -2.27. The molecule has 1 heterocycles. The highest BCUT2D eigenvalue weighted by Gasteiger charge is 2.10. The van der Waals surface area contributed by atoms with Gasteiger partial charge in [-0.3, -0.25) is 4.79 Å². The first kappa shape index (κ1) is 14.7. The average Bonchev–Trinajstić information content (AvgIpc) is 2.53. The third kappa shape index (κ3) is 3.14. The van der Waals surface area contributed by atoms with Crippen molar-refractivity contribution in [3.05, 3.63) is 64.3 Å². The van der Waals surface area contributed by atoms with Gasteiger partial charge in [-0.2, -0.15) is 0 Å². The molecule has 0 atom stereocenters. The van der Waals surface area contributed by atoms with Gasteiger partial charge in [0.2, 0.25) is 5.88 Å². The number of rotatable bonds is 4. The predicted molar refractivity (Wildman–Crippen MR) is 88.2 cm³/mol. The Kier molecular flexibility index (Phi) is 4.15. The highest BCUT2D eigenvalue weighted by atomic mass is 79.9. The van der Waals surface area contributed by atoms with Crippen molar-refractivity contribution in [1.82, 2.24) is 9.97 Å². The van der Waals surface area contributed by atoms with Gasteiger partial charge in [-0.05, 0) is 31.2 Å². The van der Waals surface area contributed by atoms with Crippen molar-refractivity contribution in [1.29, 1.82) is 0 Å². The number of benzene rings is 2. The highest BCUT2D eigenvalue weighted by molar-refractivity contribution is 9.10. The summed E-state index contributed by atoms with van der Waals surface area (Å²) in [6.45, 7) is 1.76. The molecule has 0 saturated carbocycles. The number of aryl methyl sites for hydroxylation is 1. The van der Waals surface area contributed by atoms with Gasteiger partial charge in [0.1, 0.15) is 5.69 Å². The fourth-order valence-electron chi connectivity index (χ4n) is 2.06. The van der Waals surface area contributed by atoms with Gasteiger partial charge in [0.05, 0.1) is 11.0 Å². The predicted octanol–water partition coefficient (Wildman–Crippen LogP) is 3.96. The molecule has 0 amide bonds. The minimum absolute atomic E-state index is 0.0600. The summed E-state index contributed by atoms with van der Waals surface area (Å²) in [5, 5.41) is 0. The molecule has 2 aromatic carbocycles. The molecule has 0 aliphatic heterocycles. The van der Waals surface area contributed by atoms with E-state index >= 15 is 0 Å². The molecule has 0 saturated heterocycles. The molecule has 5 heteroatoms. The number of hydrogen-bond donors (Lipinski definition) is 0. The molecule has 0 N–H and O–H groups in total. The van der Waals surface area contributed by atoms with Gasteiger partial charge in [0.15, 0.2) is 12.4 Å². The van der Waals surface area contributed by atoms with Gasteiger partial charge in [-0.15, -0.1) is 0 Å². The van der Waals surface area contributed by atoms with E-state index in [0.29, 0.717) is 17.1 Å². The summed E-state index contributed by atoms with van der Waals surface area (Å²) in [4.78, 5) is 21.0. The second-order valence-electron chi connectivity index (χ2n) is 4.82. The number of nitrogens with zero attached hydrogens (tertiary/aromatic N) is 2. The van der Waals surface area contributed by atoms with E-state index in [2.05, 4.69) is 25.9 Å². The lowest BCUT2D eigenvalue weighted by atomic mass is 10.1. The molecule has 0 spiro atoms. The number of para-hydroxylation sites is 2. The molecule has 1 aromatic heterocycles. The summed E-state index contributed by atoms with van der Waals surface area (Å²) in [6, 6.07) is 14.7. The number of Topliss-reactive ketones (excluding diaryl/α,β-unsaturated/α-hetero) is 1. The lowest BCUT2D eigenvalue weighted by molar-refractivity contribution is 0.0917. The van der Waals surface area contributed by atoms with E-state index in [1.54, 1.807) is 12.1 Å². The van der Waals surface area contributed by atoms with Crippen LogP contribution in [0.4, 0.5) is 0 Å². The molecule has 110 valence electrons. The first-order chi connectivity index (χ1) is 10.6. The van der Waals surface area contributed by atoms with Gasteiger partial charge < -0.3 is 4.74 Å². The monoisotopic (exact) mass is 356 g/mol. The van der Waals surface area contributed by atoms with Crippen molar-refractivity contribution in [2.45, 2.75) is 6.92 Å². The summed E-state index contributed by atoms with van der Waals surface area (Å²) in [6.07, 6.45) is 0. The number of ether oxygens (including phenoxy) is 1. The van der Waals surface area contributed by atoms with Gasteiger partial charge in [-0.1, -0.05) is 40.2 Å². The van der Waals surface area contributed by atoms with Gasteiger partial charge in [-0.25, -0.2) is 9.97 Å². The maximum atomic E-state index is 12.1. The molecule has 4 nitrogen and oxygen atoms in total. The molecule has 0 aliphatic rings. The van der Waals surface area contributed by atoms with Crippen molar-refractivity contribution in [2.75, 3.05) is 6.61 Å².